The molecule has 1 aliphatic rings. The number of nitrogens with zero attached hydrogens (tertiary/aromatic N) is 3. The van der Waals surface area contributed by atoms with Crippen LogP contribution in [0.2, 0.25) is 0 Å². The van der Waals surface area contributed by atoms with Crippen molar-refractivity contribution >= 4 is 23.6 Å². The molecule has 0 spiro atoms. The Bertz CT molecular complexity index is 586. The minimum Gasteiger partial charge on any atom is -0.362 e. The number of anilines is 1. The summed E-state index contributed by atoms with van der Waals surface area (Å²) in [6.45, 7) is 7.91. The molecular formula is C16H30N5O3S+. The van der Waals surface area contributed by atoms with Gasteiger partial charge in [-0.25, -0.2) is 0 Å². The summed E-state index contributed by atoms with van der Waals surface area (Å²) >= 11 is 1.67. The number of rotatable bonds is 6. The molecular weight excluding hydrogens is 342 g/mol. The third-order valence-corrected chi connectivity index (χ3v) is 5.35. The predicted octanol–water partition coefficient (Wildman–Crippen LogP) is 1.37. The summed E-state index contributed by atoms with van der Waals surface area (Å²) in [7, 11) is 0. The van der Waals surface area contributed by atoms with Crippen LogP contribution in [0.5, 0.6) is 0 Å². The van der Waals surface area contributed by atoms with Crippen molar-refractivity contribution in [3.05, 3.63) is 6.20 Å². The van der Waals surface area contributed by atoms with Crippen molar-refractivity contribution in [2.75, 3.05) is 17.7 Å². The Morgan fingerprint density at radius 3 is 2.60 bits per heavy atom. The van der Waals surface area contributed by atoms with Gasteiger partial charge in [-0.15, -0.1) is 0 Å². The fraction of sp³-hybridized carbons (Fsp3) is 0.812. The van der Waals surface area contributed by atoms with Crippen LogP contribution in [0.1, 0.15) is 53.0 Å². The van der Waals surface area contributed by atoms with E-state index in [1.165, 1.54) is 15.9 Å². The van der Waals surface area contributed by atoms with Crippen LogP contribution in [0.25, 0.3) is 0 Å². The SMILES string of the molecule is CSCCC(C(=O)NC1CC(C)(C)N(O)C(C)(C)C1)[n+]1cc(N)on1. The van der Waals surface area contributed by atoms with Crippen LogP contribution in [0.3, 0.4) is 0 Å². The lowest BCUT2D eigenvalue weighted by molar-refractivity contribution is -0.773. The van der Waals surface area contributed by atoms with E-state index in [4.69, 9.17) is 10.3 Å². The van der Waals surface area contributed by atoms with Crippen LogP contribution >= 0.6 is 11.8 Å². The van der Waals surface area contributed by atoms with Crippen molar-refractivity contribution in [2.45, 2.75) is 70.1 Å². The van der Waals surface area contributed by atoms with Gasteiger partial charge in [0.05, 0.1) is 0 Å². The number of carbonyl (C=O) groups is 1. The van der Waals surface area contributed by atoms with Crippen LogP contribution in [0.15, 0.2) is 10.7 Å². The third kappa shape index (κ3) is 4.65. The van der Waals surface area contributed by atoms with E-state index in [2.05, 4.69) is 10.6 Å². The van der Waals surface area contributed by atoms with Gasteiger partial charge in [-0.3, -0.25) is 9.32 Å². The maximum Gasteiger partial charge on any atom is 0.293 e. The zero-order chi connectivity index (χ0) is 18.8. The number of amides is 1. The molecule has 4 N–H and O–H groups in total. The normalized spacial score (nSPS) is 21.8. The molecule has 1 aromatic rings. The number of hydrogen-bond acceptors (Lipinski definition) is 7. The topological polar surface area (TPSA) is 109 Å². The summed E-state index contributed by atoms with van der Waals surface area (Å²) in [4.78, 5) is 12.9. The van der Waals surface area contributed by atoms with Gasteiger partial charge in [-0.1, -0.05) is 0 Å². The summed E-state index contributed by atoms with van der Waals surface area (Å²) in [6, 6.07) is -0.491. The molecule has 0 bridgehead atoms. The zero-order valence-corrected chi connectivity index (χ0v) is 16.5. The number of carbonyl (C=O) groups excluding carboxylic acids is 1. The second-order valence-electron chi connectivity index (χ2n) is 7.93. The molecule has 1 aliphatic heterocycles. The van der Waals surface area contributed by atoms with Gasteiger partial charge < -0.3 is 16.3 Å². The second kappa shape index (κ2) is 7.51. The molecule has 2 heterocycles. The Morgan fingerprint density at radius 1 is 1.52 bits per heavy atom. The number of thioether (sulfide) groups is 1. The summed E-state index contributed by atoms with van der Waals surface area (Å²) < 4.78 is 6.39. The Morgan fingerprint density at radius 2 is 2.12 bits per heavy atom. The average Bonchev–Trinajstić information content (AvgIpc) is 2.91. The summed E-state index contributed by atoms with van der Waals surface area (Å²) in [6.07, 6.45) is 5.50. The lowest BCUT2D eigenvalue weighted by atomic mass is 9.79. The Labute approximate surface area is 153 Å². The van der Waals surface area contributed by atoms with E-state index in [0.717, 1.165) is 5.75 Å². The summed E-state index contributed by atoms with van der Waals surface area (Å²) in [5, 5.41) is 18.8. The predicted molar refractivity (Wildman–Crippen MR) is 96.1 cm³/mol. The van der Waals surface area contributed by atoms with Gasteiger partial charge >= 0.3 is 0 Å². The van der Waals surface area contributed by atoms with Crippen LogP contribution < -0.4 is 15.7 Å². The molecule has 2 rings (SSSR count). The van der Waals surface area contributed by atoms with Crippen LogP contribution in [0.4, 0.5) is 5.88 Å². The van der Waals surface area contributed by atoms with E-state index in [1.807, 2.05) is 34.0 Å². The minimum absolute atomic E-state index is 0.0254. The highest BCUT2D eigenvalue weighted by Crippen LogP contribution is 2.36. The van der Waals surface area contributed by atoms with E-state index < -0.39 is 17.1 Å². The van der Waals surface area contributed by atoms with Gasteiger partial charge in [0.2, 0.25) is 5.27 Å². The fourth-order valence-corrected chi connectivity index (χ4v) is 4.16. The second-order valence-corrected chi connectivity index (χ2v) is 8.92. The Kier molecular flexibility index (Phi) is 6.01. The number of piperidine rings is 1. The molecule has 1 unspecified atom stereocenters. The van der Waals surface area contributed by atoms with E-state index in [9.17, 15) is 10.0 Å². The van der Waals surface area contributed by atoms with Crippen molar-refractivity contribution in [3.8, 4) is 0 Å². The number of aromatic nitrogens is 2. The van der Waals surface area contributed by atoms with Gasteiger partial charge in [0.15, 0.2) is 0 Å². The monoisotopic (exact) mass is 372 g/mol. The molecule has 1 amide bonds. The van der Waals surface area contributed by atoms with Gasteiger partial charge in [0.1, 0.15) is 0 Å². The number of nitrogens with one attached hydrogen (secondary N) is 1. The average molecular weight is 373 g/mol. The first-order chi connectivity index (χ1) is 11.6. The molecule has 0 aromatic carbocycles. The molecule has 1 atom stereocenters. The maximum absolute atomic E-state index is 12.9. The van der Waals surface area contributed by atoms with E-state index in [1.54, 1.807) is 11.8 Å². The molecule has 9 heteroatoms. The first-order valence-electron chi connectivity index (χ1n) is 8.49. The molecule has 0 saturated carbocycles. The molecule has 0 radical (unpaired) electrons. The zero-order valence-electron chi connectivity index (χ0n) is 15.7. The maximum atomic E-state index is 12.9. The molecule has 1 saturated heterocycles. The molecule has 0 aliphatic carbocycles. The van der Waals surface area contributed by atoms with Gasteiger partial charge in [0, 0.05) is 23.5 Å². The highest BCUT2D eigenvalue weighted by Gasteiger charge is 2.46. The minimum atomic E-state index is -0.466. The van der Waals surface area contributed by atoms with Gasteiger partial charge in [-0.05, 0) is 57.2 Å². The van der Waals surface area contributed by atoms with Gasteiger partial charge in [0.25, 0.3) is 24.0 Å². The number of nitrogens with two attached hydrogens (primary N) is 1. The third-order valence-electron chi connectivity index (χ3n) is 4.70. The highest BCUT2D eigenvalue weighted by molar-refractivity contribution is 7.98. The van der Waals surface area contributed by atoms with E-state index >= 15 is 0 Å². The van der Waals surface area contributed by atoms with Gasteiger partial charge in [-0.2, -0.15) is 16.8 Å². The smallest absolute Gasteiger partial charge is 0.293 e. The van der Waals surface area contributed by atoms with E-state index in [-0.39, 0.29) is 17.8 Å². The summed E-state index contributed by atoms with van der Waals surface area (Å²) in [5.74, 6) is 0.900. The van der Waals surface area contributed by atoms with Crippen LogP contribution in [-0.4, -0.2) is 50.6 Å². The van der Waals surface area contributed by atoms with Crippen molar-refractivity contribution in [1.29, 1.82) is 0 Å². The largest absolute Gasteiger partial charge is 0.362 e. The lowest BCUT2D eigenvalue weighted by Gasteiger charge is -2.51. The highest BCUT2D eigenvalue weighted by atomic mass is 32.2. The standard InChI is InChI=1S/C16H29N5O3S/c1-15(2)8-11(9-16(3,4)21(15)23)18-14(22)12(6-7-25-5)20-10-13(17)24-19-20/h10-12,23H,6-9H2,1-5H3,(H2-,17,18,19,22)/p+1. The molecule has 25 heavy (non-hydrogen) atoms. The first kappa shape index (κ1) is 20.0. The Balaban J connectivity index is 2.12. The molecule has 8 nitrogen and oxygen atoms in total. The molecule has 1 aromatic heterocycles. The Hall–Kier alpha value is -1.32. The van der Waals surface area contributed by atoms with Crippen molar-refractivity contribution in [3.63, 3.8) is 0 Å². The number of hydrogen-bond donors (Lipinski definition) is 3. The van der Waals surface area contributed by atoms with Crippen molar-refractivity contribution in [2.24, 2.45) is 0 Å². The van der Waals surface area contributed by atoms with Crippen molar-refractivity contribution < 1.29 is 19.2 Å². The summed E-state index contributed by atoms with van der Waals surface area (Å²) in [5.41, 5.74) is 4.76. The molecule has 142 valence electrons. The fourth-order valence-electron chi connectivity index (χ4n) is 3.70. The lowest BCUT2D eigenvalue weighted by Crippen LogP contribution is -2.63. The quantitative estimate of drug-likeness (QED) is 0.647. The number of nitrogen functional groups attached to an aromatic ring is 1. The molecule has 1 fully saturated rings. The van der Waals surface area contributed by atoms with Crippen LogP contribution in [-0.2, 0) is 4.79 Å². The number of hydroxylamine groups is 2. The van der Waals surface area contributed by atoms with Crippen LogP contribution in [0, 0.1) is 0 Å². The van der Waals surface area contributed by atoms with Crippen molar-refractivity contribution in [1.82, 2.24) is 15.7 Å². The van der Waals surface area contributed by atoms with E-state index in [0.29, 0.717) is 19.3 Å². The first-order valence-corrected chi connectivity index (χ1v) is 9.88.